The Kier molecular flexibility index (Phi) is 6.18. The number of anilines is 1. The number of aromatic nitrogens is 3. The Morgan fingerprint density at radius 2 is 2.00 bits per heavy atom. The lowest BCUT2D eigenvalue weighted by atomic mass is 9.72. The number of amides is 1. The Balaban J connectivity index is 1.15. The first-order valence-electron chi connectivity index (χ1n) is 12.6. The maximum absolute atomic E-state index is 12.5. The maximum Gasteiger partial charge on any atom is 0.410 e. The SMILES string of the molecule is CC(C)(C)OC(=O)N1CCC2(CCCN(C[C@@H]3CC[C@H](n4ccc5c(N)ncnc54)O3)C2)CC1. The highest BCUT2D eigenvalue weighted by atomic mass is 16.6. The lowest BCUT2D eigenvalue weighted by Crippen LogP contribution is -2.52. The van der Waals surface area contributed by atoms with Crippen molar-refractivity contribution in [3.8, 4) is 0 Å². The van der Waals surface area contributed by atoms with Gasteiger partial charge >= 0.3 is 6.09 Å². The summed E-state index contributed by atoms with van der Waals surface area (Å²) in [4.78, 5) is 25.5. The number of carbonyl (C=O) groups is 1. The van der Waals surface area contributed by atoms with Crippen molar-refractivity contribution in [3.63, 3.8) is 0 Å². The van der Waals surface area contributed by atoms with Gasteiger partial charge in [0, 0.05) is 32.4 Å². The van der Waals surface area contributed by atoms with Crippen LogP contribution in [-0.4, -0.2) is 74.9 Å². The zero-order chi connectivity index (χ0) is 23.9. The summed E-state index contributed by atoms with van der Waals surface area (Å²) in [7, 11) is 0. The summed E-state index contributed by atoms with van der Waals surface area (Å²) in [5.74, 6) is 0.509. The van der Waals surface area contributed by atoms with Gasteiger partial charge in [-0.25, -0.2) is 14.8 Å². The van der Waals surface area contributed by atoms with Crippen molar-refractivity contribution in [1.29, 1.82) is 0 Å². The number of fused-ring (bicyclic) bond motifs is 1. The van der Waals surface area contributed by atoms with Gasteiger partial charge in [-0.1, -0.05) is 0 Å². The number of ether oxygens (including phenoxy) is 2. The predicted molar refractivity (Wildman–Crippen MR) is 130 cm³/mol. The second kappa shape index (κ2) is 9.00. The van der Waals surface area contributed by atoms with Gasteiger partial charge in [-0.2, -0.15) is 0 Å². The fourth-order valence-corrected chi connectivity index (χ4v) is 5.90. The molecule has 2 aromatic heterocycles. The van der Waals surface area contributed by atoms with Gasteiger partial charge in [0.1, 0.15) is 29.6 Å². The number of rotatable bonds is 3. The van der Waals surface area contributed by atoms with Crippen LogP contribution in [0.4, 0.5) is 10.6 Å². The molecule has 1 amide bonds. The Hall–Kier alpha value is -2.39. The summed E-state index contributed by atoms with van der Waals surface area (Å²) in [6, 6.07) is 1.97. The lowest BCUT2D eigenvalue weighted by Gasteiger charge is -2.48. The first-order chi connectivity index (χ1) is 16.2. The van der Waals surface area contributed by atoms with Crippen molar-refractivity contribution in [1.82, 2.24) is 24.3 Å². The van der Waals surface area contributed by atoms with Crippen LogP contribution in [0.25, 0.3) is 11.0 Å². The fraction of sp³-hybridized carbons (Fsp3) is 0.720. The summed E-state index contributed by atoms with van der Waals surface area (Å²) in [5, 5.41) is 0.880. The number of carbonyl (C=O) groups excluding carboxylic acids is 1. The van der Waals surface area contributed by atoms with Crippen molar-refractivity contribution in [2.75, 3.05) is 38.5 Å². The second-order valence-electron chi connectivity index (χ2n) is 11.3. The van der Waals surface area contributed by atoms with Gasteiger partial charge in [0.25, 0.3) is 0 Å². The molecule has 0 aliphatic carbocycles. The molecule has 2 N–H and O–H groups in total. The molecule has 2 aromatic rings. The average Bonchev–Trinajstić information content (AvgIpc) is 3.41. The molecular weight excluding hydrogens is 432 g/mol. The molecule has 9 heteroatoms. The number of nitrogens with zero attached hydrogens (tertiary/aromatic N) is 5. The number of likely N-dealkylation sites (tertiary alicyclic amines) is 2. The molecule has 1 spiro atoms. The van der Waals surface area contributed by atoms with Crippen LogP contribution in [0.1, 0.15) is 65.5 Å². The molecule has 5 rings (SSSR count). The highest BCUT2D eigenvalue weighted by Crippen LogP contribution is 2.41. The predicted octanol–water partition coefficient (Wildman–Crippen LogP) is 3.80. The van der Waals surface area contributed by atoms with Gasteiger partial charge in [-0.15, -0.1) is 0 Å². The van der Waals surface area contributed by atoms with E-state index in [4.69, 9.17) is 15.2 Å². The fourth-order valence-electron chi connectivity index (χ4n) is 5.90. The number of nitrogen functional groups attached to an aromatic ring is 1. The topological polar surface area (TPSA) is 98.7 Å². The van der Waals surface area contributed by atoms with E-state index >= 15 is 0 Å². The maximum atomic E-state index is 12.5. The van der Waals surface area contributed by atoms with E-state index in [0.717, 1.165) is 69.4 Å². The molecule has 3 saturated heterocycles. The zero-order valence-corrected chi connectivity index (χ0v) is 20.7. The summed E-state index contributed by atoms with van der Waals surface area (Å²) < 4.78 is 14.2. The Labute approximate surface area is 201 Å². The van der Waals surface area contributed by atoms with Crippen LogP contribution in [0.15, 0.2) is 18.6 Å². The lowest BCUT2D eigenvalue weighted by molar-refractivity contribution is -0.0364. The van der Waals surface area contributed by atoms with Gasteiger partial charge in [0.2, 0.25) is 0 Å². The third-order valence-corrected chi connectivity index (χ3v) is 7.61. The average molecular weight is 471 g/mol. The molecule has 186 valence electrons. The van der Waals surface area contributed by atoms with E-state index in [9.17, 15) is 4.79 Å². The van der Waals surface area contributed by atoms with Crippen LogP contribution in [-0.2, 0) is 9.47 Å². The van der Waals surface area contributed by atoms with Crippen LogP contribution < -0.4 is 5.73 Å². The molecule has 0 bridgehead atoms. The van der Waals surface area contributed by atoms with Gasteiger partial charge in [-0.3, -0.25) is 0 Å². The van der Waals surface area contributed by atoms with Gasteiger partial charge in [-0.05, 0) is 77.3 Å². The standard InChI is InChI=1S/C25H38N6O3/c1-24(2,3)34-23(32)30-13-9-25(10-14-30)8-4-11-29(16-25)15-18-5-6-20(33-18)31-12-7-19-21(26)27-17-28-22(19)31/h7,12,17-18,20H,4-6,8-11,13-16H2,1-3H3,(H2,26,27,28)/t18-,20+/m0/s1. The molecule has 3 aliphatic heterocycles. The quantitative estimate of drug-likeness (QED) is 0.728. The number of hydrogen-bond acceptors (Lipinski definition) is 7. The summed E-state index contributed by atoms with van der Waals surface area (Å²) in [6.45, 7) is 10.5. The van der Waals surface area contributed by atoms with Crippen molar-refractivity contribution < 1.29 is 14.3 Å². The van der Waals surface area contributed by atoms with Crippen molar-refractivity contribution in [2.24, 2.45) is 5.41 Å². The van der Waals surface area contributed by atoms with Crippen LogP contribution in [0.5, 0.6) is 0 Å². The Morgan fingerprint density at radius 1 is 1.21 bits per heavy atom. The molecule has 3 aliphatic rings. The molecular formula is C25H38N6O3. The monoisotopic (exact) mass is 470 g/mol. The van der Waals surface area contributed by atoms with Crippen molar-refractivity contribution >= 4 is 22.9 Å². The smallest absolute Gasteiger partial charge is 0.410 e. The number of nitrogens with two attached hydrogens (primary N) is 1. The molecule has 3 fully saturated rings. The Morgan fingerprint density at radius 3 is 2.76 bits per heavy atom. The minimum absolute atomic E-state index is 0.00683. The summed E-state index contributed by atoms with van der Waals surface area (Å²) >= 11 is 0. The van der Waals surface area contributed by atoms with Gasteiger partial charge < -0.3 is 29.6 Å². The largest absolute Gasteiger partial charge is 0.444 e. The van der Waals surface area contributed by atoms with E-state index in [1.165, 1.54) is 19.2 Å². The minimum Gasteiger partial charge on any atom is -0.444 e. The molecule has 0 saturated carbocycles. The van der Waals surface area contributed by atoms with E-state index in [1.807, 2.05) is 37.9 Å². The minimum atomic E-state index is -0.445. The van der Waals surface area contributed by atoms with Gasteiger partial charge in [0.05, 0.1) is 11.5 Å². The van der Waals surface area contributed by atoms with Crippen molar-refractivity contribution in [3.05, 3.63) is 18.6 Å². The highest BCUT2D eigenvalue weighted by molar-refractivity contribution is 5.86. The molecule has 5 heterocycles. The normalized spacial score (nSPS) is 25.8. The summed E-state index contributed by atoms with van der Waals surface area (Å²) in [6.07, 6.45) is 10.1. The third-order valence-electron chi connectivity index (χ3n) is 7.61. The molecule has 0 radical (unpaired) electrons. The van der Waals surface area contributed by atoms with Crippen molar-refractivity contribution in [2.45, 2.75) is 77.2 Å². The van der Waals surface area contributed by atoms with E-state index < -0.39 is 5.60 Å². The molecule has 0 unspecified atom stereocenters. The number of hydrogen-bond donors (Lipinski definition) is 1. The molecule has 2 atom stereocenters. The Bertz CT molecular complexity index is 1020. The first kappa shape index (κ1) is 23.4. The van der Waals surface area contributed by atoms with Gasteiger partial charge in [0.15, 0.2) is 0 Å². The van der Waals surface area contributed by atoms with E-state index in [0.29, 0.717) is 11.2 Å². The molecule has 9 nitrogen and oxygen atoms in total. The van der Waals surface area contributed by atoms with E-state index in [2.05, 4.69) is 19.4 Å². The van der Waals surface area contributed by atoms with E-state index in [1.54, 1.807) is 0 Å². The number of piperidine rings is 2. The summed E-state index contributed by atoms with van der Waals surface area (Å²) in [5.41, 5.74) is 6.70. The third kappa shape index (κ3) is 4.86. The highest BCUT2D eigenvalue weighted by Gasteiger charge is 2.41. The van der Waals surface area contributed by atoms with Crippen LogP contribution in [0, 0.1) is 5.41 Å². The second-order valence-corrected chi connectivity index (χ2v) is 11.3. The van der Waals surface area contributed by atoms with E-state index in [-0.39, 0.29) is 18.4 Å². The molecule has 34 heavy (non-hydrogen) atoms. The molecule has 0 aromatic carbocycles. The van der Waals surface area contributed by atoms with Crippen LogP contribution in [0.2, 0.25) is 0 Å². The van der Waals surface area contributed by atoms with Crippen LogP contribution >= 0.6 is 0 Å². The first-order valence-corrected chi connectivity index (χ1v) is 12.6. The van der Waals surface area contributed by atoms with Crippen LogP contribution in [0.3, 0.4) is 0 Å². The zero-order valence-electron chi connectivity index (χ0n) is 20.7.